The first kappa shape index (κ1) is 22.8. The lowest BCUT2D eigenvalue weighted by molar-refractivity contribution is -0.149. The van der Waals surface area contributed by atoms with E-state index in [1.54, 1.807) is 24.0 Å². The van der Waals surface area contributed by atoms with Crippen LogP contribution in [0.3, 0.4) is 0 Å². The summed E-state index contributed by atoms with van der Waals surface area (Å²) in [6.07, 6.45) is 1.13. The molecule has 1 aliphatic heterocycles. The lowest BCUT2D eigenvalue weighted by Crippen LogP contribution is -2.40. The first-order chi connectivity index (χ1) is 14.7. The molecule has 1 fully saturated rings. The van der Waals surface area contributed by atoms with E-state index in [-0.39, 0.29) is 22.7 Å². The number of nitrogens with zero attached hydrogens (tertiary/aromatic N) is 1. The Balaban J connectivity index is 1.64. The van der Waals surface area contributed by atoms with Crippen LogP contribution in [0.5, 0.6) is 0 Å². The zero-order valence-electron chi connectivity index (χ0n) is 18.1. The van der Waals surface area contributed by atoms with E-state index in [1.807, 2.05) is 19.9 Å². The molecule has 1 amide bonds. The van der Waals surface area contributed by atoms with Gasteiger partial charge in [-0.2, -0.15) is 0 Å². The standard InChI is InChI=1S/C23H28N2O5S/c1-4-30-23(27)19-11-13-25(14-12-19)22(26)18-6-9-21(10-7-18)31(28,29)24-20-8-5-16(2)17(3)15-20/h5-10,15,19,24H,4,11-14H2,1-3H3. The van der Waals surface area contributed by atoms with Gasteiger partial charge in [-0.15, -0.1) is 0 Å². The van der Waals surface area contributed by atoms with E-state index < -0.39 is 10.0 Å². The number of likely N-dealkylation sites (tertiary alicyclic amines) is 1. The molecule has 0 unspecified atom stereocenters. The molecule has 0 aliphatic carbocycles. The Labute approximate surface area is 183 Å². The predicted molar refractivity (Wildman–Crippen MR) is 118 cm³/mol. The summed E-state index contributed by atoms with van der Waals surface area (Å²) in [5.41, 5.74) is 2.98. The van der Waals surface area contributed by atoms with Crippen molar-refractivity contribution in [3.05, 3.63) is 59.2 Å². The summed E-state index contributed by atoms with van der Waals surface area (Å²) in [7, 11) is -3.76. The topological polar surface area (TPSA) is 92.8 Å². The number of amides is 1. The third-order valence-corrected chi connectivity index (χ3v) is 6.97. The van der Waals surface area contributed by atoms with Gasteiger partial charge in [-0.3, -0.25) is 14.3 Å². The number of carbonyl (C=O) groups excluding carboxylic acids is 2. The molecule has 7 nitrogen and oxygen atoms in total. The van der Waals surface area contributed by atoms with E-state index in [0.717, 1.165) is 11.1 Å². The van der Waals surface area contributed by atoms with Crippen molar-refractivity contribution in [2.75, 3.05) is 24.4 Å². The Morgan fingerprint density at radius 2 is 1.68 bits per heavy atom. The third-order valence-electron chi connectivity index (χ3n) is 5.57. The molecule has 0 aromatic heterocycles. The molecule has 1 N–H and O–H groups in total. The van der Waals surface area contributed by atoms with Crippen molar-refractivity contribution >= 4 is 27.6 Å². The van der Waals surface area contributed by atoms with Crippen molar-refractivity contribution in [1.82, 2.24) is 4.90 Å². The van der Waals surface area contributed by atoms with Crippen molar-refractivity contribution < 1.29 is 22.7 Å². The van der Waals surface area contributed by atoms with Gasteiger partial charge in [0.05, 0.1) is 17.4 Å². The average molecular weight is 445 g/mol. The Kier molecular flexibility index (Phi) is 7.00. The van der Waals surface area contributed by atoms with Crippen molar-refractivity contribution in [3.63, 3.8) is 0 Å². The average Bonchev–Trinajstić information content (AvgIpc) is 2.76. The van der Waals surface area contributed by atoms with Gasteiger partial charge in [-0.1, -0.05) is 6.07 Å². The van der Waals surface area contributed by atoms with Gasteiger partial charge in [0.2, 0.25) is 0 Å². The van der Waals surface area contributed by atoms with Gasteiger partial charge in [0.1, 0.15) is 0 Å². The fraction of sp³-hybridized carbons (Fsp3) is 0.391. The van der Waals surface area contributed by atoms with Crippen molar-refractivity contribution in [2.24, 2.45) is 5.92 Å². The van der Waals surface area contributed by atoms with Crippen molar-refractivity contribution in [2.45, 2.75) is 38.5 Å². The SMILES string of the molecule is CCOC(=O)C1CCN(C(=O)c2ccc(S(=O)(=O)Nc3ccc(C)c(C)c3)cc2)CC1. The monoisotopic (exact) mass is 444 g/mol. The molecule has 3 rings (SSSR count). The van der Waals surface area contributed by atoms with E-state index in [1.165, 1.54) is 24.3 Å². The number of hydrogen-bond donors (Lipinski definition) is 1. The fourth-order valence-corrected chi connectivity index (χ4v) is 4.61. The number of hydrogen-bond acceptors (Lipinski definition) is 5. The van der Waals surface area contributed by atoms with E-state index in [2.05, 4.69) is 4.72 Å². The summed E-state index contributed by atoms with van der Waals surface area (Å²) in [4.78, 5) is 26.4. The van der Waals surface area contributed by atoms with Crippen LogP contribution in [0, 0.1) is 19.8 Å². The lowest BCUT2D eigenvalue weighted by Gasteiger charge is -2.31. The zero-order valence-corrected chi connectivity index (χ0v) is 18.9. The highest BCUT2D eigenvalue weighted by molar-refractivity contribution is 7.92. The fourth-order valence-electron chi connectivity index (χ4n) is 3.56. The van der Waals surface area contributed by atoms with Crippen LogP contribution in [0.2, 0.25) is 0 Å². The van der Waals surface area contributed by atoms with Gasteiger partial charge >= 0.3 is 5.97 Å². The van der Waals surface area contributed by atoms with Crippen LogP contribution in [0.4, 0.5) is 5.69 Å². The molecule has 31 heavy (non-hydrogen) atoms. The summed E-state index contributed by atoms with van der Waals surface area (Å²) >= 11 is 0. The predicted octanol–water partition coefficient (Wildman–Crippen LogP) is 3.52. The van der Waals surface area contributed by atoms with E-state index in [4.69, 9.17) is 4.74 Å². The lowest BCUT2D eigenvalue weighted by atomic mass is 9.96. The van der Waals surface area contributed by atoms with E-state index in [0.29, 0.717) is 43.8 Å². The quantitative estimate of drug-likeness (QED) is 0.688. The molecule has 0 saturated carbocycles. The molecule has 0 spiro atoms. The minimum Gasteiger partial charge on any atom is -0.466 e. The van der Waals surface area contributed by atoms with Gasteiger partial charge < -0.3 is 9.64 Å². The Hall–Kier alpha value is -2.87. The molecule has 8 heteroatoms. The van der Waals surface area contributed by atoms with Crippen molar-refractivity contribution in [1.29, 1.82) is 0 Å². The van der Waals surface area contributed by atoms with Crippen LogP contribution >= 0.6 is 0 Å². The number of anilines is 1. The number of rotatable bonds is 6. The van der Waals surface area contributed by atoms with Gasteiger partial charge in [-0.05, 0) is 81.1 Å². The molecule has 0 bridgehead atoms. The first-order valence-electron chi connectivity index (χ1n) is 10.4. The van der Waals surface area contributed by atoms with Crippen LogP contribution in [0.25, 0.3) is 0 Å². The van der Waals surface area contributed by atoms with Gasteiger partial charge in [0, 0.05) is 24.3 Å². The summed E-state index contributed by atoms with van der Waals surface area (Å²) in [5, 5.41) is 0. The largest absolute Gasteiger partial charge is 0.466 e. The molecule has 0 atom stereocenters. The smallest absolute Gasteiger partial charge is 0.309 e. The Morgan fingerprint density at radius 1 is 1.03 bits per heavy atom. The minimum absolute atomic E-state index is 0.0864. The second-order valence-electron chi connectivity index (χ2n) is 7.75. The van der Waals surface area contributed by atoms with E-state index >= 15 is 0 Å². The molecule has 2 aromatic rings. The maximum atomic E-state index is 12.8. The second-order valence-corrected chi connectivity index (χ2v) is 9.43. The number of aryl methyl sites for hydroxylation is 2. The molecule has 1 heterocycles. The van der Waals surface area contributed by atoms with Crippen molar-refractivity contribution in [3.8, 4) is 0 Å². The summed E-state index contributed by atoms with van der Waals surface area (Å²) in [6.45, 7) is 6.95. The molecule has 0 radical (unpaired) electrons. The summed E-state index contributed by atoms with van der Waals surface area (Å²) in [5.74, 6) is -0.554. The number of sulfonamides is 1. The highest BCUT2D eigenvalue weighted by Gasteiger charge is 2.28. The number of nitrogens with one attached hydrogen (secondary N) is 1. The van der Waals surface area contributed by atoms with E-state index in [9.17, 15) is 18.0 Å². The molecule has 1 saturated heterocycles. The molecular formula is C23H28N2O5S. The van der Waals surface area contributed by atoms with Gasteiger partial charge in [-0.25, -0.2) is 8.42 Å². The molecular weight excluding hydrogens is 416 g/mol. The van der Waals surface area contributed by atoms with Gasteiger partial charge in [0.25, 0.3) is 15.9 Å². The van der Waals surface area contributed by atoms with Crippen LogP contribution < -0.4 is 4.72 Å². The molecule has 1 aliphatic rings. The molecule has 166 valence electrons. The molecule has 2 aromatic carbocycles. The zero-order chi connectivity index (χ0) is 22.6. The first-order valence-corrected chi connectivity index (χ1v) is 11.9. The van der Waals surface area contributed by atoms with Crippen LogP contribution in [0.15, 0.2) is 47.4 Å². The normalized spacial score (nSPS) is 14.9. The highest BCUT2D eigenvalue weighted by Crippen LogP contribution is 2.22. The number of esters is 1. The summed E-state index contributed by atoms with van der Waals surface area (Å²) < 4.78 is 33.0. The highest BCUT2D eigenvalue weighted by atomic mass is 32.2. The second kappa shape index (κ2) is 9.51. The number of piperidine rings is 1. The number of benzene rings is 2. The third kappa shape index (κ3) is 5.44. The number of ether oxygens (including phenoxy) is 1. The number of carbonyl (C=O) groups is 2. The van der Waals surface area contributed by atoms with Gasteiger partial charge in [0.15, 0.2) is 0 Å². The van der Waals surface area contributed by atoms with Crippen LogP contribution in [-0.2, 0) is 19.6 Å². The maximum Gasteiger partial charge on any atom is 0.309 e. The Bertz CT molecular complexity index is 1060. The van der Waals surface area contributed by atoms with Crippen LogP contribution in [-0.4, -0.2) is 44.9 Å². The van der Waals surface area contributed by atoms with Crippen LogP contribution in [0.1, 0.15) is 41.3 Å². The Morgan fingerprint density at radius 3 is 2.26 bits per heavy atom. The minimum atomic E-state index is -3.76. The maximum absolute atomic E-state index is 12.8. The summed E-state index contributed by atoms with van der Waals surface area (Å²) in [6, 6.07) is 11.3.